The first-order valence-corrected chi connectivity index (χ1v) is 11.9. The summed E-state index contributed by atoms with van der Waals surface area (Å²) < 4.78 is 33.7. The Hall–Kier alpha value is -4.28. The van der Waals surface area contributed by atoms with Gasteiger partial charge in [-0.05, 0) is 30.7 Å². The van der Waals surface area contributed by atoms with Gasteiger partial charge in [0.25, 0.3) is 5.56 Å². The van der Waals surface area contributed by atoms with Crippen molar-refractivity contribution in [1.82, 2.24) is 24.2 Å². The maximum atomic E-state index is 12.9. The zero-order valence-electron chi connectivity index (χ0n) is 20.5. The number of ether oxygens (including phenoxy) is 1. The molecule has 0 aliphatic carbocycles. The third-order valence-electron chi connectivity index (χ3n) is 6.69. The predicted molar refractivity (Wildman–Crippen MR) is 135 cm³/mol. The van der Waals surface area contributed by atoms with E-state index >= 15 is 0 Å². The molecule has 9 nitrogen and oxygen atoms in total. The lowest BCUT2D eigenvalue weighted by atomic mass is 10.0. The number of carbonyl (C=O) groups is 1. The average Bonchev–Trinajstić information content (AvgIpc) is 3.13. The van der Waals surface area contributed by atoms with Gasteiger partial charge >= 0.3 is 6.61 Å². The van der Waals surface area contributed by atoms with Crippen molar-refractivity contribution in [1.29, 1.82) is 0 Å². The van der Waals surface area contributed by atoms with Gasteiger partial charge in [-0.1, -0.05) is 24.3 Å². The highest BCUT2D eigenvalue weighted by Crippen LogP contribution is 2.28. The molecule has 5 rings (SSSR count). The number of aromatic nitrogens is 4. The van der Waals surface area contributed by atoms with Gasteiger partial charge in [-0.15, -0.1) is 0 Å². The van der Waals surface area contributed by atoms with Crippen LogP contribution in [0.3, 0.4) is 0 Å². The second-order valence-corrected chi connectivity index (χ2v) is 8.90. The fourth-order valence-corrected chi connectivity index (χ4v) is 4.66. The van der Waals surface area contributed by atoms with Gasteiger partial charge in [-0.3, -0.25) is 19.0 Å². The largest absolute Gasteiger partial charge is 0.434 e. The van der Waals surface area contributed by atoms with E-state index in [1.54, 1.807) is 47.1 Å². The molecular formula is C26H26F2N6O3. The molecule has 37 heavy (non-hydrogen) atoms. The van der Waals surface area contributed by atoms with E-state index < -0.39 is 6.61 Å². The summed E-state index contributed by atoms with van der Waals surface area (Å²) in [5.41, 5.74) is 3.43. The van der Waals surface area contributed by atoms with Crippen LogP contribution in [0.1, 0.15) is 11.3 Å². The van der Waals surface area contributed by atoms with Crippen LogP contribution in [0.15, 0.2) is 53.5 Å². The number of anilines is 1. The lowest BCUT2D eigenvalue weighted by Gasteiger charge is -2.32. The van der Waals surface area contributed by atoms with E-state index in [0.29, 0.717) is 48.6 Å². The third-order valence-corrected chi connectivity index (χ3v) is 6.69. The summed E-state index contributed by atoms with van der Waals surface area (Å²) in [5, 5.41) is 0.516. The second-order valence-electron chi connectivity index (χ2n) is 8.90. The number of benzene rings is 2. The predicted octanol–water partition coefficient (Wildman–Crippen LogP) is 3.03. The highest BCUT2D eigenvalue weighted by molar-refractivity contribution is 5.85. The molecule has 0 spiro atoms. The van der Waals surface area contributed by atoms with Crippen molar-refractivity contribution in [2.45, 2.75) is 20.1 Å². The number of nitrogens with zero attached hydrogens (tertiary/aromatic N) is 6. The van der Waals surface area contributed by atoms with Crippen molar-refractivity contribution in [3.63, 3.8) is 0 Å². The van der Waals surface area contributed by atoms with E-state index in [-0.39, 0.29) is 17.9 Å². The Bertz CT molecular complexity index is 1510. The number of carbonyl (C=O) groups excluding carboxylic acids is 1. The van der Waals surface area contributed by atoms with Gasteiger partial charge in [0.2, 0.25) is 12.4 Å². The Kier molecular flexibility index (Phi) is 6.60. The zero-order valence-corrected chi connectivity index (χ0v) is 20.5. The van der Waals surface area contributed by atoms with E-state index in [9.17, 15) is 18.4 Å². The Morgan fingerprint density at radius 3 is 2.57 bits per heavy atom. The Morgan fingerprint density at radius 1 is 1.11 bits per heavy atom. The lowest BCUT2D eigenvalue weighted by molar-refractivity contribution is -0.118. The van der Waals surface area contributed by atoms with Crippen LogP contribution < -0.4 is 15.2 Å². The van der Waals surface area contributed by atoms with Crippen molar-refractivity contribution < 1.29 is 18.3 Å². The van der Waals surface area contributed by atoms with Crippen LogP contribution in [0.4, 0.5) is 14.7 Å². The van der Waals surface area contributed by atoms with Crippen molar-refractivity contribution in [2.24, 2.45) is 7.05 Å². The molecule has 11 heteroatoms. The molecule has 0 unspecified atom stereocenters. The summed E-state index contributed by atoms with van der Waals surface area (Å²) in [7, 11) is 1.64. The minimum absolute atomic E-state index is 0.0664. The maximum absolute atomic E-state index is 12.9. The lowest BCUT2D eigenvalue weighted by Crippen LogP contribution is -2.46. The molecule has 1 saturated heterocycles. The van der Waals surface area contributed by atoms with E-state index in [2.05, 4.69) is 9.72 Å². The van der Waals surface area contributed by atoms with E-state index in [1.165, 1.54) is 10.7 Å². The third kappa shape index (κ3) is 4.76. The molecule has 1 aliphatic rings. The molecule has 0 saturated carbocycles. The molecule has 4 aromatic rings. The molecule has 2 aromatic carbocycles. The van der Waals surface area contributed by atoms with Crippen molar-refractivity contribution in [2.75, 3.05) is 31.1 Å². The van der Waals surface area contributed by atoms with Crippen LogP contribution in [0, 0.1) is 6.92 Å². The minimum Gasteiger partial charge on any atom is -0.434 e. The minimum atomic E-state index is -2.95. The van der Waals surface area contributed by atoms with E-state index in [4.69, 9.17) is 4.98 Å². The summed E-state index contributed by atoms with van der Waals surface area (Å²) >= 11 is 0. The molecule has 0 bridgehead atoms. The van der Waals surface area contributed by atoms with Crippen molar-refractivity contribution >= 4 is 23.3 Å². The second kappa shape index (κ2) is 10.00. The molecule has 0 N–H and O–H groups in total. The monoisotopic (exact) mass is 508 g/mol. The van der Waals surface area contributed by atoms with Crippen LogP contribution in [0.25, 0.3) is 22.0 Å². The fraction of sp³-hybridized carbons (Fsp3) is 0.308. The van der Waals surface area contributed by atoms with Gasteiger partial charge in [0.15, 0.2) is 0 Å². The quantitative estimate of drug-likeness (QED) is 0.357. The number of alkyl halides is 2. The Morgan fingerprint density at radius 2 is 1.86 bits per heavy atom. The first-order valence-electron chi connectivity index (χ1n) is 11.9. The number of amides is 1. The van der Waals surface area contributed by atoms with Gasteiger partial charge in [-0.25, -0.2) is 9.97 Å². The molecule has 0 radical (unpaired) electrons. The molecule has 192 valence electrons. The molecular weight excluding hydrogens is 482 g/mol. The molecule has 1 aliphatic heterocycles. The number of piperazine rings is 1. The summed E-state index contributed by atoms with van der Waals surface area (Å²) in [6, 6.07) is 12.1. The first-order chi connectivity index (χ1) is 17.9. The number of halogens is 2. The molecule has 3 heterocycles. The van der Waals surface area contributed by atoms with Gasteiger partial charge in [0.1, 0.15) is 5.75 Å². The number of rotatable bonds is 7. The zero-order chi connectivity index (χ0) is 26.1. The average molecular weight is 509 g/mol. The highest BCUT2D eigenvalue weighted by Gasteiger charge is 2.20. The van der Waals surface area contributed by atoms with E-state index in [0.717, 1.165) is 23.2 Å². The standard InChI is InChI=1S/C26H26F2N6O3/c1-17-21(14-29-26(30-17)33-11-9-32(16-35)10-12-33)18-7-8-20-22(13-18)34(31(2)24(20)36)15-19-5-3-4-6-23(19)37-25(27)28/h3-8,13-14,16,25H,9-12,15H2,1-2H3. The number of hydrogen-bond acceptors (Lipinski definition) is 6. The molecule has 1 fully saturated rings. The van der Waals surface area contributed by atoms with Gasteiger partial charge in [-0.2, -0.15) is 8.78 Å². The summed E-state index contributed by atoms with van der Waals surface area (Å²) in [6.07, 6.45) is 2.62. The van der Waals surface area contributed by atoms with Gasteiger partial charge < -0.3 is 14.5 Å². The van der Waals surface area contributed by atoms with Gasteiger partial charge in [0.05, 0.1) is 23.1 Å². The SMILES string of the molecule is Cc1nc(N2CCN(C=O)CC2)ncc1-c1ccc2c(=O)n(C)n(Cc3ccccc3OC(F)F)c2c1. The Labute approximate surface area is 211 Å². The Balaban J connectivity index is 1.49. The van der Waals surface area contributed by atoms with Crippen molar-refractivity contribution in [3.05, 3.63) is 70.3 Å². The summed E-state index contributed by atoms with van der Waals surface area (Å²) in [4.78, 5) is 36.9. The highest BCUT2D eigenvalue weighted by atomic mass is 19.3. The molecule has 0 atom stereocenters. The van der Waals surface area contributed by atoms with Crippen LogP contribution in [0.5, 0.6) is 5.75 Å². The smallest absolute Gasteiger partial charge is 0.387 e. The number of para-hydroxylation sites is 1. The number of aryl methyl sites for hydroxylation is 1. The van der Waals surface area contributed by atoms with Crippen molar-refractivity contribution in [3.8, 4) is 16.9 Å². The van der Waals surface area contributed by atoms with E-state index in [1.807, 2.05) is 24.0 Å². The summed E-state index contributed by atoms with van der Waals surface area (Å²) in [6.45, 7) is 1.71. The summed E-state index contributed by atoms with van der Waals surface area (Å²) in [5.74, 6) is 0.678. The first kappa shape index (κ1) is 24.4. The topological polar surface area (TPSA) is 85.5 Å². The fourth-order valence-electron chi connectivity index (χ4n) is 4.66. The van der Waals surface area contributed by atoms with Crippen LogP contribution in [-0.2, 0) is 18.4 Å². The maximum Gasteiger partial charge on any atom is 0.387 e. The normalized spacial score (nSPS) is 14.0. The number of hydrogen-bond donors (Lipinski definition) is 0. The molecule has 1 amide bonds. The number of fused-ring (bicyclic) bond motifs is 1. The van der Waals surface area contributed by atoms with Gasteiger partial charge in [0, 0.05) is 50.6 Å². The van der Waals surface area contributed by atoms with Crippen LogP contribution >= 0.6 is 0 Å². The molecule has 2 aromatic heterocycles. The van der Waals surface area contributed by atoms with Crippen LogP contribution in [-0.4, -0.2) is 63.4 Å². The van der Waals surface area contributed by atoms with Crippen LogP contribution in [0.2, 0.25) is 0 Å².